The van der Waals surface area contributed by atoms with E-state index in [1.165, 1.54) is 0 Å². The lowest BCUT2D eigenvalue weighted by Crippen LogP contribution is -2.36. The van der Waals surface area contributed by atoms with Crippen molar-refractivity contribution in [2.24, 2.45) is 0 Å². The van der Waals surface area contributed by atoms with Crippen molar-refractivity contribution in [1.82, 2.24) is 10.6 Å². The predicted molar refractivity (Wildman–Crippen MR) is 93.1 cm³/mol. The number of carbonyl (C=O) groups excluding carboxylic acids is 2. The summed E-state index contributed by atoms with van der Waals surface area (Å²) in [5.74, 6) is 0.255. The Morgan fingerprint density at radius 3 is 2.33 bits per heavy atom. The molecule has 0 spiro atoms. The molecule has 0 atom stereocenters. The average molecular weight is 326 g/mol. The lowest BCUT2D eigenvalue weighted by Gasteiger charge is -2.09. The summed E-state index contributed by atoms with van der Waals surface area (Å²) in [5, 5.41) is 5.40. The molecule has 0 bridgehead atoms. The van der Waals surface area contributed by atoms with Crippen LogP contribution in [0.1, 0.15) is 27.0 Å². The quantitative estimate of drug-likeness (QED) is 0.856. The Morgan fingerprint density at radius 1 is 0.958 bits per heavy atom. The lowest BCUT2D eigenvalue weighted by molar-refractivity contribution is -0.120. The second-order valence-corrected chi connectivity index (χ2v) is 5.68. The minimum Gasteiger partial charge on any atom is -0.497 e. The monoisotopic (exact) mass is 326 g/mol. The summed E-state index contributed by atoms with van der Waals surface area (Å²) in [4.78, 5) is 23.8. The van der Waals surface area contributed by atoms with E-state index in [4.69, 9.17) is 4.74 Å². The summed E-state index contributed by atoms with van der Waals surface area (Å²) < 4.78 is 5.21. The van der Waals surface area contributed by atoms with Gasteiger partial charge in [-0.05, 0) is 49.2 Å². The molecule has 5 nitrogen and oxygen atoms in total. The predicted octanol–water partition coefficient (Wildman–Crippen LogP) is 2.36. The van der Waals surface area contributed by atoms with Crippen molar-refractivity contribution in [2.45, 2.75) is 20.4 Å². The zero-order valence-corrected chi connectivity index (χ0v) is 14.2. The van der Waals surface area contributed by atoms with Gasteiger partial charge in [0.25, 0.3) is 5.91 Å². The first-order chi connectivity index (χ1) is 11.5. The van der Waals surface area contributed by atoms with Crippen LogP contribution in [0.3, 0.4) is 0 Å². The molecule has 24 heavy (non-hydrogen) atoms. The molecule has 126 valence electrons. The fourth-order valence-corrected chi connectivity index (χ4v) is 2.28. The third kappa shape index (κ3) is 5.12. The van der Waals surface area contributed by atoms with Gasteiger partial charge in [-0.3, -0.25) is 9.59 Å². The summed E-state index contributed by atoms with van der Waals surface area (Å²) >= 11 is 0. The van der Waals surface area contributed by atoms with Gasteiger partial charge in [0, 0.05) is 12.1 Å². The number of methoxy groups -OCH3 is 1. The van der Waals surface area contributed by atoms with Crippen LogP contribution in [0.2, 0.25) is 0 Å². The number of ether oxygens (including phenoxy) is 1. The molecule has 2 aromatic rings. The molecule has 2 rings (SSSR count). The van der Waals surface area contributed by atoms with E-state index < -0.39 is 0 Å². The third-order valence-corrected chi connectivity index (χ3v) is 3.56. The summed E-state index contributed by atoms with van der Waals surface area (Å²) in [6.45, 7) is 4.25. The first-order valence-electron chi connectivity index (χ1n) is 7.74. The van der Waals surface area contributed by atoms with Crippen LogP contribution >= 0.6 is 0 Å². The molecule has 0 unspecified atom stereocenters. The molecule has 0 saturated heterocycles. The molecular weight excluding hydrogens is 304 g/mol. The van der Waals surface area contributed by atoms with E-state index in [-0.39, 0.29) is 18.4 Å². The number of aryl methyl sites for hydroxylation is 2. The van der Waals surface area contributed by atoms with Crippen molar-refractivity contribution in [3.63, 3.8) is 0 Å². The Morgan fingerprint density at radius 2 is 1.67 bits per heavy atom. The van der Waals surface area contributed by atoms with Crippen molar-refractivity contribution in [2.75, 3.05) is 13.7 Å². The summed E-state index contributed by atoms with van der Waals surface area (Å²) in [5.41, 5.74) is 3.63. The maximum atomic E-state index is 12.0. The van der Waals surface area contributed by atoms with E-state index >= 15 is 0 Å². The highest BCUT2D eigenvalue weighted by molar-refractivity contribution is 5.96. The SMILES string of the molecule is COc1cc(C)cc(CNC(=O)CNC(=O)c2ccc(C)cc2)c1. The smallest absolute Gasteiger partial charge is 0.251 e. The standard InChI is InChI=1S/C19H22N2O3/c1-13-4-6-16(7-5-13)19(23)21-12-18(22)20-11-15-8-14(2)9-17(10-15)24-3/h4-10H,11-12H2,1-3H3,(H,20,22)(H,21,23). The van der Waals surface area contributed by atoms with E-state index in [1.54, 1.807) is 19.2 Å². The number of amides is 2. The van der Waals surface area contributed by atoms with Gasteiger partial charge in [-0.2, -0.15) is 0 Å². The number of nitrogens with one attached hydrogen (secondary N) is 2. The van der Waals surface area contributed by atoms with Crippen LogP contribution in [0.4, 0.5) is 0 Å². The topological polar surface area (TPSA) is 67.4 Å². The van der Waals surface area contributed by atoms with Crippen molar-refractivity contribution in [3.8, 4) is 5.75 Å². The molecule has 0 aliphatic heterocycles. The zero-order valence-electron chi connectivity index (χ0n) is 14.2. The molecule has 0 aromatic heterocycles. The summed E-state index contributed by atoms with van der Waals surface area (Å²) in [6.07, 6.45) is 0. The van der Waals surface area contributed by atoms with E-state index in [0.29, 0.717) is 12.1 Å². The molecule has 0 aliphatic carbocycles. The number of rotatable bonds is 6. The second-order valence-electron chi connectivity index (χ2n) is 5.68. The van der Waals surface area contributed by atoms with Crippen molar-refractivity contribution < 1.29 is 14.3 Å². The largest absolute Gasteiger partial charge is 0.497 e. The fraction of sp³-hybridized carbons (Fsp3) is 0.263. The van der Waals surface area contributed by atoms with Gasteiger partial charge in [0.1, 0.15) is 5.75 Å². The Labute approximate surface area is 142 Å². The highest BCUT2D eigenvalue weighted by Gasteiger charge is 2.08. The van der Waals surface area contributed by atoms with Crippen LogP contribution in [-0.4, -0.2) is 25.5 Å². The Kier molecular flexibility index (Phi) is 5.95. The molecule has 2 amide bonds. The van der Waals surface area contributed by atoms with Crippen LogP contribution in [0.25, 0.3) is 0 Å². The van der Waals surface area contributed by atoms with E-state index in [2.05, 4.69) is 10.6 Å². The second kappa shape index (κ2) is 8.15. The van der Waals surface area contributed by atoms with Crippen LogP contribution in [-0.2, 0) is 11.3 Å². The Bertz CT molecular complexity index is 724. The maximum Gasteiger partial charge on any atom is 0.251 e. The van der Waals surface area contributed by atoms with Crippen LogP contribution < -0.4 is 15.4 Å². The van der Waals surface area contributed by atoms with Gasteiger partial charge in [-0.25, -0.2) is 0 Å². The van der Waals surface area contributed by atoms with Gasteiger partial charge >= 0.3 is 0 Å². The summed E-state index contributed by atoms with van der Waals surface area (Å²) in [6, 6.07) is 13.0. The molecule has 2 N–H and O–H groups in total. The van der Waals surface area contributed by atoms with Gasteiger partial charge in [0.15, 0.2) is 0 Å². The van der Waals surface area contributed by atoms with Crippen LogP contribution in [0.5, 0.6) is 5.75 Å². The van der Waals surface area contributed by atoms with Gasteiger partial charge in [0.05, 0.1) is 13.7 Å². The summed E-state index contributed by atoms with van der Waals surface area (Å²) in [7, 11) is 1.61. The van der Waals surface area contributed by atoms with Crippen LogP contribution in [0, 0.1) is 13.8 Å². The van der Waals surface area contributed by atoms with Gasteiger partial charge in [0.2, 0.25) is 5.91 Å². The number of hydrogen-bond acceptors (Lipinski definition) is 3. The highest BCUT2D eigenvalue weighted by Crippen LogP contribution is 2.16. The molecule has 0 aliphatic rings. The van der Waals surface area contributed by atoms with E-state index in [0.717, 1.165) is 22.4 Å². The van der Waals surface area contributed by atoms with Gasteiger partial charge in [-0.1, -0.05) is 23.8 Å². The van der Waals surface area contributed by atoms with Crippen molar-refractivity contribution >= 4 is 11.8 Å². The lowest BCUT2D eigenvalue weighted by atomic mass is 10.1. The number of hydrogen-bond donors (Lipinski definition) is 2. The third-order valence-electron chi connectivity index (χ3n) is 3.56. The first-order valence-corrected chi connectivity index (χ1v) is 7.74. The van der Waals surface area contributed by atoms with Gasteiger partial charge < -0.3 is 15.4 Å². The van der Waals surface area contributed by atoms with Gasteiger partial charge in [-0.15, -0.1) is 0 Å². The molecule has 0 saturated carbocycles. The maximum absolute atomic E-state index is 12.0. The van der Waals surface area contributed by atoms with E-state index in [9.17, 15) is 9.59 Å². The van der Waals surface area contributed by atoms with Crippen molar-refractivity contribution in [3.05, 3.63) is 64.7 Å². The van der Waals surface area contributed by atoms with Crippen LogP contribution in [0.15, 0.2) is 42.5 Å². The first kappa shape index (κ1) is 17.5. The molecule has 0 fully saturated rings. The molecular formula is C19H22N2O3. The molecule has 5 heteroatoms. The minimum absolute atomic E-state index is 0.0599. The number of carbonyl (C=O) groups is 2. The number of benzene rings is 2. The molecule has 2 aromatic carbocycles. The van der Waals surface area contributed by atoms with Crippen molar-refractivity contribution in [1.29, 1.82) is 0 Å². The highest BCUT2D eigenvalue weighted by atomic mass is 16.5. The van der Waals surface area contributed by atoms with E-state index in [1.807, 2.05) is 44.2 Å². The normalized spacial score (nSPS) is 10.1. The fourth-order valence-electron chi connectivity index (χ4n) is 2.28. The Hall–Kier alpha value is -2.82. The Balaban J connectivity index is 1.82. The zero-order chi connectivity index (χ0) is 17.5. The molecule has 0 heterocycles. The minimum atomic E-state index is -0.262. The average Bonchev–Trinajstić information content (AvgIpc) is 2.58. The molecule has 0 radical (unpaired) electrons.